The maximum absolute atomic E-state index is 5.27. The molecule has 2 N–H and O–H groups in total. The molecule has 0 unspecified atom stereocenters. The summed E-state index contributed by atoms with van der Waals surface area (Å²) in [4.78, 5) is 9.09. The van der Waals surface area contributed by atoms with Crippen molar-refractivity contribution in [3.05, 3.63) is 11.7 Å². The topological polar surface area (TPSA) is 75.3 Å². The average molecular weight is 477 g/mol. The molecule has 1 saturated carbocycles. The van der Waals surface area contributed by atoms with E-state index in [0.29, 0.717) is 18.2 Å². The summed E-state index contributed by atoms with van der Waals surface area (Å²) in [6.45, 7) is 8.73. The summed E-state index contributed by atoms with van der Waals surface area (Å²) < 4.78 is 5.27. The standard InChI is InChI=1S/C19H35N5O.HI/c1-4-20-19(21-13-8-11-16-9-6-5-7-10-16)22-14-12-17-23-18(15(2)3)24-25-17;/h15-16H,4-14H2,1-3H3,(H2,20,21,22);1H. The Morgan fingerprint density at radius 2 is 2.00 bits per heavy atom. The average Bonchev–Trinajstić information content (AvgIpc) is 3.09. The van der Waals surface area contributed by atoms with Crippen LogP contribution in [0.5, 0.6) is 0 Å². The number of hydrogen-bond acceptors (Lipinski definition) is 4. The summed E-state index contributed by atoms with van der Waals surface area (Å²) in [5, 5.41) is 10.7. The second-order valence-electron chi connectivity index (χ2n) is 7.28. The largest absolute Gasteiger partial charge is 0.357 e. The Morgan fingerprint density at radius 1 is 1.23 bits per heavy atom. The van der Waals surface area contributed by atoms with Crippen molar-refractivity contribution in [3.63, 3.8) is 0 Å². The molecule has 1 aliphatic rings. The zero-order valence-electron chi connectivity index (χ0n) is 16.6. The summed E-state index contributed by atoms with van der Waals surface area (Å²) >= 11 is 0. The van der Waals surface area contributed by atoms with Crippen LogP contribution in [0, 0.1) is 5.92 Å². The van der Waals surface area contributed by atoms with E-state index in [-0.39, 0.29) is 24.0 Å². The van der Waals surface area contributed by atoms with Crippen LogP contribution in [-0.4, -0.2) is 35.7 Å². The van der Waals surface area contributed by atoms with Crippen LogP contribution < -0.4 is 10.6 Å². The Bertz CT molecular complexity index is 512. The first-order chi connectivity index (χ1) is 12.2. The molecule has 7 heteroatoms. The van der Waals surface area contributed by atoms with Gasteiger partial charge in [0, 0.05) is 32.0 Å². The number of guanidine groups is 1. The van der Waals surface area contributed by atoms with E-state index in [4.69, 9.17) is 9.52 Å². The molecule has 0 aliphatic heterocycles. The zero-order valence-corrected chi connectivity index (χ0v) is 18.9. The van der Waals surface area contributed by atoms with Crippen LogP contribution >= 0.6 is 24.0 Å². The summed E-state index contributed by atoms with van der Waals surface area (Å²) in [6, 6.07) is 0. The summed E-state index contributed by atoms with van der Waals surface area (Å²) in [5.74, 6) is 3.58. The van der Waals surface area contributed by atoms with Crippen LogP contribution in [0.1, 0.15) is 83.3 Å². The maximum Gasteiger partial charge on any atom is 0.228 e. The number of aliphatic imine (C=N–C) groups is 1. The normalized spacial score (nSPS) is 15.8. The summed E-state index contributed by atoms with van der Waals surface area (Å²) in [5.41, 5.74) is 0. The van der Waals surface area contributed by atoms with Gasteiger partial charge in [0.1, 0.15) is 0 Å². The van der Waals surface area contributed by atoms with E-state index in [1.165, 1.54) is 44.9 Å². The molecule has 1 heterocycles. The monoisotopic (exact) mass is 477 g/mol. The van der Waals surface area contributed by atoms with Gasteiger partial charge in [0.2, 0.25) is 5.89 Å². The Hall–Kier alpha value is -0.860. The van der Waals surface area contributed by atoms with Gasteiger partial charge in [0.15, 0.2) is 11.8 Å². The molecule has 2 rings (SSSR count). The van der Waals surface area contributed by atoms with Crippen LogP contribution in [0.25, 0.3) is 0 Å². The SMILES string of the molecule is CCNC(=NCCCC1CCCCC1)NCCc1nc(C(C)C)no1.I. The fraction of sp³-hybridized carbons (Fsp3) is 0.842. The van der Waals surface area contributed by atoms with Gasteiger partial charge in [0.05, 0.1) is 0 Å². The molecule has 1 fully saturated rings. The molecule has 1 aromatic rings. The van der Waals surface area contributed by atoms with Gasteiger partial charge in [-0.15, -0.1) is 24.0 Å². The van der Waals surface area contributed by atoms with E-state index in [2.05, 4.69) is 41.5 Å². The van der Waals surface area contributed by atoms with Gasteiger partial charge in [-0.25, -0.2) is 0 Å². The van der Waals surface area contributed by atoms with Gasteiger partial charge in [0.25, 0.3) is 0 Å². The molecule has 0 aromatic carbocycles. The molecule has 26 heavy (non-hydrogen) atoms. The molecule has 0 saturated heterocycles. The smallest absolute Gasteiger partial charge is 0.228 e. The molecule has 150 valence electrons. The highest BCUT2D eigenvalue weighted by atomic mass is 127. The minimum atomic E-state index is 0. The lowest BCUT2D eigenvalue weighted by Crippen LogP contribution is -2.38. The predicted octanol–water partition coefficient (Wildman–Crippen LogP) is 4.27. The highest BCUT2D eigenvalue weighted by Crippen LogP contribution is 2.27. The van der Waals surface area contributed by atoms with E-state index in [0.717, 1.165) is 37.3 Å². The fourth-order valence-electron chi connectivity index (χ4n) is 3.28. The van der Waals surface area contributed by atoms with E-state index in [1.54, 1.807) is 0 Å². The first kappa shape index (κ1) is 23.2. The van der Waals surface area contributed by atoms with Crippen molar-refractivity contribution < 1.29 is 4.52 Å². The summed E-state index contributed by atoms with van der Waals surface area (Å²) in [7, 11) is 0. The minimum absolute atomic E-state index is 0. The number of nitrogens with one attached hydrogen (secondary N) is 2. The molecule has 6 nitrogen and oxygen atoms in total. The molecule has 0 atom stereocenters. The highest BCUT2D eigenvalue weighted by molar-refractivity contribution is 14.0. The number of hydrogen-bond donors (Lipinski definition) is 2. The summed E-state index contributed by atoms with van der Waals surface area (Å²) in [6.07, 6.45) is 10.3. The van der Waals surface area contributed by atoms with Crippen LogP contribution in [-0.2, 0) is 6.42 Å². The molecule has 1 aliphatic carbocycles. The third-order valence-electron chi connectivity index (χ3n) is 4.74. The van der Waals surface area contributed by atoms with E-state index in [1.807, 2.05) is 0 Å². The van der Waals surface area contributed by atoms with Crippen LogP contribution in [0.4, 0.5) is 0 Å². The lowest BCUT2D eigenvalue weighted by molar-refractivity contribution is 0.334. The molecule has 1 aromatic heterocycles. The molecule has 0 amide bonds. The lowest BCUT2D eigenvalue weighted by atomic mass is 9.86. The Balaban J connectivity index is 0.00000338. The van der Waals surface area contributed by atoms with Gasteiger partial charge < -0.3 is 15.2 Å². The van der Waals surface area contributed by atoms with Gasteiger partial charge in [-0.3, -0.25) is 4.99 Å². The van der Waals surface area contributed by atoms with E-state index < -0.39 is 0 Å². The fourth-order valence-corrected chi connectivity index (χ4v) is 3.28. The van der Waals surface area contributed by atoms with Gasteiger partial charge in [-0.05, 0) is 25.7 Å². The Morgan fingerprint density at radius 3 is 2.65 bits per heavy atom. The van der Waals surface area contributed by atoms with Crippen molar-refractivity contribution in [1.29, 1.82) is 0 Å². The maximum atomic E-state index is 5.27. The zero-order chi connectivity index (χ0) is 17.9. The highest BCUT2D eigenvalue weighted by Gasteiger charge is 2.12. The Kier molecular flexibility index (Phi) is 11.9. The second-order valence-corrected chi connectivity index (χ2v) is 7.28. The molecular formula is C19H36IN5O. The lowest BCUT2D eigenvalue weighted by Gasteiger charge is -2.20. The van der Waals surface area contributed by atoms with Crippen molar-refractivity contribution >= 4 is 29.9 Å². The van der Waals surface area contributed by atoms with Crippen LogP contribution in [0.15, 0.2) is 9.52 Å². The van der Waals surface area contributed by atoms with Crippen LogP contribution in [0.3, 0.4) is 0 Å². The predicted molar refractivity (Wildman–Crippen MR) is 117 cm³/mol. The molecule has 0 bridgehead atoms. The van der Waals surface area contributed by atoms with Crippen molar-refractivity contribution in [3.8, 4) is 0 Å². The van der Waals surface area contributed by atoms with Crippen molar-refractivity contribution in [2.45, 2.75) is 78.1 Å². The second kappa shape index (κ2) is 13.3. The first-order valence-corrected chi connectivity index (χ1v) is 10.0. The van der Waals surface area contributed by atoms with Crippen molar-refractivity contribution in [2.75, 3.05) is 19.6 Å². The third kappa shape index (κ3) is 8.68. The quantitative estimate of drug-likeness (QED) is 0.241. The molecular weight excluding hydrogens is 441 g/mol. The molecule has 0 radical (unpaired) electrons. The number of halogens is 1. The van der Waals surface area contributed by atoms with E-state index >= 15 is 0 Å². The van der Waals surface area contributed by atoms with E-state index in [9.17, 15) is 0 Å². The number of aromatic nitrogens is 2. The van der Waals surface area contributed by atoms with Gasteiger partial charge in [-0.1, -0.05) is 51.1 Å². The van der Waals surface area contributed by atoms with Gasteiger partial charge >= 0.3 is 0 Å². The van der Waals surface area contributed by atoms with Crippen molar-refractivity contribution in [2.24, 2.45) is 10.9 Å². The number of nitrogens with zero attached hydrogens (tertiary/aromatic N) is 3. The Labute approximate surface area is 175 Å². The minimum Gasteiger partial charge on any atom is -0.357 e. The third-order valence-corrected chi connectivity index (χ3v) is 4.74. The van der Waals surface area contributed by atoms with Gasteiger partial charge in [-0.2, -0.15) is 4.98 Å². The van der Waals surface area contributed by atoms with Crippen molar-refractivity contribution in [1.82, 2.24) is 20.8 Å². The molecule has 0 spiro atoms. The first-order valence-electron chi connectivity index (χ1n) is 10.0. The number of rotatable bonds is 9. The van der Waals surface area contributed by atoms with Crippen LogP contribution in [0.2, 0.25) is 0 Å².